The zero-order valence-electron chi connectivity index (χ0n) is 8.53. The van der Waals surface area contributed by atoms with Gasteiger partial charge in [-0.15, -0.1) is 11.3 Å². The van der Waals surface area contributed by atoms with E-state index in [0.29, 0.717) is 12.1 Å². The summed E-state index contributed by atoms with van der Waals surface area (Å²) in [6.45, 7) is 2.95. The Labute approximate surface area is 89.1 Å². The molecule has 1 saturated carbocycles. The summed E-state index contributed by atoms with van der Waals surface area (Å²) >= 11 is 1.85. The highest BCUT2D eigenvalue weighted by molar-refractivity contribution is 7.11. The first kappa shape index (κ1) is 10.1. The molecule has 78 valence electrons. The average molecular weight is 211 g/mol. The van der Waals surface area contributed by atoms with E-state index in [4.69, 9.17) is 10.5 Å². The molecule has 14 heavy (non-hydrogen) atoms. The summed E-state index contributed by atoms with van der Waals surface area (Å²) in [7, 11) is 0. The van der Waals surface area contributed by atoms with Crippen LogP contribution in [0.3, 0.4) is 0 Å². The molecule has 1 aromatic heterocycles. The molecule has 2 nitrogen and oxygen atoms in total. The highest BCUT2D eigenvalue weighted by Gasteiger charge is 2.26. The van der Waals surface area contributed by atoms with Gasteiger partial charge in [-0.2, -0.15) is 0 Å². The van der Waals surface area contributed by atoms with Crippen LogP contribution < -0.4 is 5.73 Å². The van der Waals surface area contributed by atoms with E-state index in [9.17, 15) is 0 Å². The van der Waals surface area contributed by atoms with Gasteiger partial charge in [0, 0.05) is 15.8 Å². The molecule has 3 heteroatoms. The molecule has 1 heterocycles. The summed E-state index contributed by atoms with van der Waals surface area (Å²) in [4.78, 5) is 2.77. The highest BCUT2D eigenvalue weighted by atomic mass is 32.1. The molecule has 0 bridgehead atoms. The van der Waals surface area contributed by atoms with Gasteiger partial charge < -0.3 is 10.5 Å². The Morgan fingerprint density at radius 1 is 1.43 bits per heavy atom. The van der Waals surface area contributed by atoms with Gasteiger partial charge in [0.2, 0.25) is 0 Å². The number of aryl methyl sites for hydroxylation is 1. The van der Waals surface area contributed by atoms with Crippen molar-refractivity contribution in [1.82, 2.24) is 0 Å². The van der Waals surface area contributed by atoms with Crippen LogP contribution in [-0.2, 0) is 17.8 Å². The molecule has 0 radical (unpaired) electrons. The minimum Gasteiger partial charge on any atom is -0.373 e. The summed E-state index contributed by atoms with van der Waals surface area (Å²) in [5.74, 6) is 0. The zero-order valence-corrected chi connectivity index (χ0v) is 9.35. The third-order valence-corrected chi connectivity index (χ3v) is 3.86. The van der Waals surface area contributed by atoms with Crippen LogP contribution >= 0.6 is 11.3 Å². The van der Waals surface area contributed by atoms with Crippen molar-refractivity contribution in [3.05, 3.63) is 21.9 Å². The predicted octanol–water partition coefficient (Wildman–Crippen LogP) is 2.32. The molecule has 1 aliphatic rings. The van der Waals surface area contributed by atoms with Crippen LogP contribution in [0.1, 0.15) is 29.5 Å². The third kappa shape index (κ3) is 2.35. The summed E-state index contributed by atoms with van der Waals surface area (Å²) in [6.07, 6.45) is 3.61. The number of hydrogen-bond donors (Lipinski definition) is 1. The molecule has 0 spiro atoms. The van der Waals surface area contributed by atoms with Crippen molar-refractivity contribution in [2.24, 2.45) is 5.73 Å². The van der Waals surface area contributed by atoms with E-state index in [0.717, 1.165) is 25.9 Å². The Kier molecular flexibility index (Phi) is 3.21. The van der Waals surface area contributed by atoms with Gasteiger partial charge in [0.1, 0.15) is 0 Å². The van der Waals surface area contributed by atoms with Crippen LogP contribution in [-0.4, -0.2) is 12.1 Å². The molecule has 0 aliphatic heterocycles. The Hall–Kier alpha value is -0.380. The minimum absolute atomic E-state index is 0.384. The summed E-state index contributed by atoms with van der Waals surface area (Å²) in [5.41, 5.74) is 5.69. The first-order valence-electron chi connectivity index (χ1n) is 5.22. The van der Waals surface area contributed by atoms with Gasteiger partial charge in [-0.25, -0.2) is 0 Å². The first-order valence-corrected chi connectivity index (χ1v) is 6.04. The van der Waals surface area contributed by atoms with Crippen molar-refractivity contribution < 1.29 is 4.74 Å². The lowest BCUT2D eigenvalue weighted by Gasteiger charge is -2.31. The van der Waals surface area contributed by atoms with Gasteiger partial charge in [0.25, 0.3) is 0 Å². The SMILES string of the molecule is CCc1ccc(COC2CC(N)C2)s1. The minimum atomic E-state index is 0.384. The second-order valence-corrected chi connectivity index (χ2v) is 5.14. The fourth-order valence-electron chi connectivity index (χ4n) is 1.63. The monoisotopic (exact) mass is 211 g/mol. The second kappa shape index (κ2) is 4.43. The van der Waals surface area contributed by atoms with Crippen LogP contribution in [0.25, 0.3) is 0 Å². The molecule has 0 atom stereocenters. The fraction of sp³-hybridized carbons (Fsp3) is 0.636. The maximum Gasteiger partial charge on any atom is 0.0813 e. The normalized spacial score (nSPS) is 26.1. The lowest BCUT2D eigenvalue weighted by molar-refractivity contribution is -0.0177. The number of rotatable bonds is 4. The summed E-state index contributed by atoms with van der Waals surface area (Å²) in [6, 6.07) is 4.74. The number of nitrogens with two attached hydrogens (primary N) is 1. The topological polar surface area (TPSA) is 35.2 Å². The Morgan fingerprint density at radius 2 is 2.14 bits per heavy atom. The molecule has 0 saturated heterocycles. The highest BCUT2D eigenvalue weighted by Crippen LogP contribution is 2.24. The van der Waals surface area contributed by atoms with Crippen LogP contribution in [0, 0.1) is 0 Å². The maximum atomic E-state index is 5.72. The van der Waals surface area contributed by atoms with Gasteiger partial charge in [0.05, 0.1) is 12.7 Å². The van der Waals surface area contributed by atoms with E-state index in [-0.39, 0.29) is 0 Å². The van der Waals surface area contributed by atoms with E-state index < -0.39 is 0 Å². The Bertz CT molecular complexity index is 291. The van der Waals surface area contributed by atoms with Gasteiger partial charge >= 0.3 is 0 Å². The molecule has 1 aromatic rings. The molecule has 0 aromatic carbocycles. The smallest absolute Gasteiger partial charge is 0.0813 e. The third-order valence-electron chi connectivity index (χ3n) is 2.66. The van der Waals surface area contributed by atoms with E-state index in [1.165, 1.54) is 9.75 Å². The zero-order chi connectivity index (χ0) is 9.97. The largest absolute Gasteiger partial charge is 0.373 e. The summed E-state index contributed by atoms with van der Waals surface area (Å²) < 4.78 is 5.72. The number of ether oxygens (including phenoxy) is 1. The molecular weight excluding hydrogens is 194 g/mol. The van der Waals surface area contributed by atoms with Crippen molar-refractivity contribution >= 4 is 11.3 Å². The van der Waals surface area contributed by atoms with Crippen molar-refractivity contribution in [2.75, 3.05) is 0 Å². The van der Waals surface area contributed by atoms with Crippen LogP contribution in [0.5, 0.6) is 0 Å². The number of hydrogen-bond acceptors (Lipinski definition) is 3. The second-order valence-electron chi connectivity index (χ2n) is 3.89. The molecule has 1 aliphatic carbocycles. The first-order chi connectivity index (χ1) is 6.78. The van der Waals surface area contributed by atoms with Gasteiger partial charge in [-0.05, 0) is 31.4 Å². The van der Waals surface area contributed by atoms with Crippen molar-refractivity contribution in [3.8, 4) is 0 Å². The van der Waals surface area contributed by atoms with Crippen molar-refractivity contribution in [2.45, 2.75) is 44.9 Å². The molecular formula is C11H17NOS. The van der Waals surface area contributed by atoms with E-state index >= 15 is 0 Å². The van der Waals surface area contributed by atoms with Crippen LogP contribution in [0.15, 0.2) is 12.1 Å². The maximum absolute atomic E-state index is 5.72. The van der Waals surface area contributed by atoms with Gasteiger partial charge in [-0.1, -0.05) is 6.92 Å². The van der Waals surface area contributed by atoms with E-state index in [1.54, 1.807) is 0 Å². The predicted molar refractivity (Wildman–Crippen MR) is 59.5 cm³/mol. The molecule has 2 N–H and O–H groups in total. The molecule has 0 unspecified atom stereocenters. The quantitative estimate of drug-likeness (QED) is 0.829. The lowest BCUT2D eigenvalue weighted by atomic mass is 9.90. The van der Waals surface area contributed by atoms with Crippen molar-refractivity contribution in [1.29, 1.82) is 0 Å². The average Bonchev–Trinajstić information content (AvgIpc) is 2.58. The lowest BCUT2D eigenvalue weighted by Crippen LogP contribution is -2.41. The Morgan fingerprint density at radius 3 is 2.71 bits per heavy atom. The van der Waals surface area contributed by atoms with Crippen molar-refractivity contribution in [3.63, 3.8) is 0 Å². The van der Waals surface area contributed by atoms with E-state index in [1.807, 2.05) is 11.3 Å². The van der Waals surface area contributed by atoms with E-state index in [2.05, 4.69) is 19.1 Å². The summed E-state index contributed by atoms with van der Waals surface area (Å²) in [5, 5.41) is 0. The van der Waals surface area contributed by atoms with Crippen LogP contribution in [0.2, 0.25) is 0 Å². The molecule has 0 amide bonds. The Balaban J connectivity index is 1.75. The van der Waals surface area contributed by atoms with Gasteiger partial charge in [0.15, 0.2) is 0 Å². The number of thiophene rings is 1. The molecule has 2 rings (SSSR count). The standard InChI is InChI=1S/C11H17NOS/c1-2-10-3-4-11(14-10)7-13-9-5-8(12)6-9/h3-4,8-9H,2,5-7,12H2,1H3. The van der Waals surface area contributed by atoms with Gasteiger partial charge in [-0.3, -0.25) is 0 Å². The van der Waals surface area contributed by atoms with Crippen LogP contribution in [0.4, 0.5) is 0 Å². The molecule has 1 fully saturated rings. The fourth-order valence-corrected chi connectivity index (χ4v) is 2.51.